The number of halogens is 4. The van der Waals surface area contributed by atoms with Crippen LogP contribution in [0.1, 0.15) is 0 Å². The van der Waals surface area contributed by atoms with Gasteiger partial charge in [-0.25, -0.2) is 0 Å². The molecule has 1 aromatic rings. The Morgan fingerprint density at radius 1 is 1.04 bits per heavy atom. The van der Waals surface area contributed by atoms with E-state index >= 15 is 0 Å². The minimum absolute atomic E-state index is 0.0463. The zero-order chi connectivity index (χ0) is 17.0. The summed E-state index contributed by atoms with van der Waals surface area (Å²) in [5.41, 5.74) is 0. The summed E-state index contributed by atoms with van der Waals surface area (Å²) in [5, 5.41) is 0.536. The topological polar surface area (TPSA) is 49.9 Å². The third kappa shape index (κ3) is 4.75. The molecule has 2 rings (SSSR count). The molecule has 0 N–H and O–H groups in total. The molecule has 0 aliphatic carbocycles. The van der Waals surface area contributed by atoms with Crippen LogP contribution in [-0.2, 0) is 9.59 Å². The van der Waals surface area contributed by atoms with Crippen LogP contribution in [0.5, 0.6) is 5.75 Å². The lowest BCUT2D eigenvalue weighted by atomic mass is 10.3. The van der Waals surface area contributed by atoms with Crippen LogP contribution in [0.15, 0.2) is 24.3 Å². The average molecular weight is 351 g/mol. The second-order valence-electron chi connectivity index (χ2n) is 4.91. The first-order valence-corrected chi connectivity index (χ1v) is 7.17. The monoisotopic (exact) mass is 350 g/mol. The van der Waals surface area contributed by atoms with Gasteiger partial charge in [-0.3, -0.25) is 9.59 Å². The van der Waals surface area contributed by atoms with Crippen molar-refractivity contribution >= 4 is 23.4 Å². The maximum atomic E-state index is 12.3. The lowest BCUT2D eigenvalue weighted by Gasteiger charge is -2.34. The van der Waals surface area contributed by atoms with Crippen molar-refractivity contribution in [2.45, 2.75) is 6.18 Å². The molecule has 1 heterocycles. The Labute approximate surface area is 135 Å². The summed E-state index contributed by atoms with van der Waals surface area (Å²) in [7, 11) is 0. The normalized spacial score (nSPS) is 15.5. The predicted octanol–water partition coefficient (Wildman–Crippen LogP) is 1.95. The largest absolute Gasteiger partial charge is 0.484 e. The van der Waals surface area contributed by atoms with E-state index in [0.29, 0.717) is 15.7 Å². The van der Waals surface area contributed by atoms with Crippen molar-refractivity contribution in [3.8, 4) is 5.75 Å². The van der Waals surface area contributed by atoms with Crippen LogP contribution in [0.25, 0.3) is 0 Å². The van der Waals surface area contributed by atoms with Gasteiger partial charge in [0.2, 0.25) is 0 Å². The highest BCUT2D eigenvalue weighted by atomic mass is 35.5. The third-order valence-corrected chi connectivity index (χ3v) is 3.59. The van der Waals surface area contributed by atoms with Crippen molar-refractivity contribution in [1.82, 2.24) is 9.80 Å². The van der Waals surface area contributed by atoms with Crippen LogP contribution < -0.4 is 4.74 Å². The highest BCUT2D eigenvalue weighted by Crippen LogP contribution is 2.20. The Morgan fingerprint density at radius 2 is 1.57 bits per heavy atom. The van der Waals surface area contributed by atoms with Gasteiger partial charge in [-0.15, -0.1) is 0 Å². The highest BCUT2D eigenvalue weighted by Gasteiger charge is 2.43. The number of hydrogen-bond donors (Lipinski definition) is 0. The van der Waals surface area contributed by atoms with E-state index < -0.39 is 12.1 Å². The molecule has 23 heavy (non-hydrogen) atoms. The molecule has 1 aliphatic heterocycles. The fourth-order valence-corrected chi connectivity index (χ4v) is 2.23. The molecule has 0 unspecified atom stereocenters. The van der Waals surface area contributed by atoms with Gasteiger partial charge in [0.15, 0.2) is 6.61 Å². The summed E-state index contributed by atoms with van der Waals surface area (Å²) >= 11 is 5.72. The third-order valence-electron chi connectivity index (χ3n) is 3.34. The Bertz CT molecular complexity index is 570. The molecule has 0 radical (unpaired) electrons. The van der Waals surface area contributed by atoms with Gasteiger partial charge in [-0.2, -0.15) is 13.2 Å². The maximum absolute atomic E-state index is 12.3. The van der Waals surface area contributed by atoms with Gasteiger partial charge in [-0.05, 0) is 24.3 Å². The number of carbonyl (C=O) groups is 2. The summed E-state index contributed by atoms with van der Waals surface area (Å²) in [6.45, 7) is -0.430. The van der Waals surface area contributed by atoms with Crippen LogP contribution in [0, 0.1) is 0 Å². The fourth-order valence-electron chi connectivity index (χ4n) is 2.11. The Kier molecular flexibility index (Phi) is 5.35. The molecule has 5 nitrogen and oxygen atoms in total. The number of benzene rings is 1. The first-order valence-electron chi connectivity index (χ1n) is 6.79. The average Bonchev–Trinajstić information content (AvgIpc) is 2.52. The fraction of sp³-hybridized carbons (Fsp3) is 0.429. The first-order chi connectivity index (χ1) is 10.8. The summed E-state index contributed by atoms with van der Waals surface area (Å²) in [6.07, 6.45) is -4.89. The van der Waals surface area contributed by atoms with Crippen molar-refractivity contribution in [2.75, 3.05) is 32.8 Å². The van der Waals surface area contributed by atoms with Gasteiger partial charge in [0.05, 0.1) is 0 Å². The van der Waals surface area contributed by atoms with E-state index in [-0.39, 0.29) is 38.7 Å². The molecular formula is C14H14ClF3N2O3. The van der Waals surface area contributed by atoms with Crippen molar-refractivity contribution in [1.29, 1.82) is 0 Å². The lowest BCUT2D eigenvalue weighted by Crippen LogP contribution is -2.54. The zero-order valence-electron chi connectivity index (χ0n) is 12.0. The van der Waals surface area contributed by atoms with Crippen LogP contribution >= 0.6 is 11.6 Å². The van der Waals surface area contributed by atoms with Crippen molar-refractivity contribution in [3.63, 3.8) is 0 Å². The smallest absolute Gasteiger partial charge is 0.471 e. The second-order valence-corrected chi connectivity index (χ2v) is 5.35. The Hall–Kier alpha value is -1.96. The van der Waals surface area contributed by atoms with Gasteiger partial charge in [0.1, 0.15) is 5.75 Å². The van der Waals surface area contributed by atoms with Gasteiger partial charge in [0, 0.05) is 31.2 Å². The van der Waals surface area contributed by atoms with E-state index in [1.54, 1.807) is 24.3 Å². The number of ether oxygens (including phenoxy) is 1. The number of alkyl halides is 3. The number of carbonyl (C=O) groups excluding carboxylic acids is 2. The maximum Gasteiger partial charge on any atom is 0.471 e. The van der Waals surface area contributed by atoms with E-state index in [4.69, 9.17) is 16.3 Å². The second kappa shape index (κ2) is 7.08. The molecule has 2 amide bonds. The van der Waals surface area contributed by atoms with Gasteiger partial charge >= 0.3 is 12.1 Å². The number of hydrogen-bond acceptors (Lipinski definition) is 3. The standard InChI is InChI=1S/C14H14ClF3N2O3/c15-10-1-3-11(4-2-10)23-9-12(21)19-5-7-20(8-6-19)13(22)14(16,17)18/h1-4H,5-9H2. The van der Waals surface area contributed by atoms with E-state index in [2.05, 4.69) is 0 Å². The molecule has 0 aromatic heterocycles. The minimum Gasteiger partial charge on any atom is -0.484 e. The van der Waals surface area contributed by atoms with Crippen molar-refractivity contribution in [2.24, 2.45) is 0 Å². The number of piperazine rings is 1. The Balaban J connectivity index is 1.79. The SMILES string of the molecule is O=C(COc1ccc(Cl)cc1)N1CCN(C(=O)C(F)(F)F)CC1. The number of rotatable bonds is 3. The summed E-state index contributed by atoms with van der Waals surface area (Å²) in [5.74, 6) is -1.75. The minimum atomic E-state index is -4.89. The molecule has 1 fully saturated rings. The predicted molar refractivity (Wildman–Crippen MR) is 76.2 cm³/mol. The molecule has 1 saturated heterocycles. The van der Waals surface area contributed by atoms with Crippen molar-refractivity contribution < 1.29 is 27.5 Å². The van der Waals surface area contributed by atoms with Crippen LogP contribution in [0.4, 0.5) is 13.2 Å². The number of nitrogens with zero attached hydrogens (tertiary/aromatic N) is 2. The summed E-state index contributed by atoms with van der Waals surface area (Å²) < 4.78 is 42.3. The highest BCUT2D eigenvalue weighted by molar-refractivity contribution is 6.30. The summed E-state index contributed by atoms with van der Waals surface area (Å²) in [4.78, 5) is 25.1. The molecule has 0 atom stereocenters. The van der Waals surface area contributed by atoms with Crippen molar-refractivity contribution in [3.05, 3.63) is 29.3 Å². The van der Waals surface area contributed by atoms with E-state index in [1.807, 2.05) is 0 Å². The van der Waals surface area contributed by atoms with Gasteiger partial charge in [0.25, 0.3) is 5.91 Å². The van der Waals surface area contributed by atoms with Gasteiger partial charge < -0.3 is 14.5 Å². The van der Waals surface area contributed by atoms with E-state index in [9.17, 15) is 22.8 Å². The molecule has 0 saturated carbocycles. The zero-order valence-corrected chi connectivity index (χ0v) is 12.7. The Morgan fingerprint density at radius 3 is 2.09 bits per heavy atom. The molecule has 0 bridgehead atoms. The van der Waals surface area contributed by atoms with Gasteiger partial charge in [-0.1, -0.05) is 11.6 Å². The molecular weight excluding hydrogens is 337 g/mol. The lowest BCUT2D eigenvalue weighted by molar-refractivity contribution is -0.187. The molecule has 1 aliphatic rings. The first kappa shape index (κ1) is 17.4. The molecule has 9 heteroatoms. The van der Waals surface area contributed by atoms with E-state index in [1.165, 1.54) is 4.90 Å². The number of amides is 2. The quantitative estimate of drug-likeness (QED) is 0.837. The van der Waals surface area contributed by atoms with E-state index in [0.717, 1.165) is 0 Å². The van der Waals surface area contributed by atoms with Crippen LogP contribution in [0.3, 0.4) is 0 Å². The van der Waals surface area contributed by atoms with Crippen LogP contribution in [-0.4, -0.2) is 60.6 Å². The molecule has 1 aromatic carbocycles. The molecule has 126 valence electrons. The molecule has 0 spiro atoms. The summed E-state index contributed by atoms with van der Waals surface area (Å²) in [6, 6.07) is 6.44. The van der Waals surface area contributed by atoms with Crippen LogP contribution in [0.2, 0.25) is 5.02 Å².